The molecule has 1 aliphatic rings. The molecular formula is C20H22Cl2N2O. The minimum Gasteiger partial charge on any atom is -0.352 e. The van der Waals surface area contributed by atoms with Gasteiger partial charge in [0, 0.05) is 29.1 Å². The Balaban J connectivity index is 1.45. The Labute approximate surface area is 158 Å². The van der Waals surface area contributed by atoms with Gasteiger partial charge in [0.25, 0.3) is 0 Å². The first-order valence-electron chi connectivity index (χ1n) is 8.60. The first-order valence-corrected chi connectivity index (χ1v) is 9.35. The van der Waals surface area contributed by atoms with Gasteiger partial charge in [-0.05, 0) is 49.2 Å². The van der Waals surface area contributed by atoms with Gasteiger partial charge < -0.3 is 5.32 Å². The van der Waals surface area contributed by atoms with Gasteiger partial charge in [-0.2, -0.15) is 0 Å². The summed E-state index contributed by atoms with van der Waals surface area (Å²) >= 11 is 12.2. The van der Waals surface area contributed by atoms with Crippen LogP contribution in [0.25, 0.3) is 0 Å². The molecular weight excluding hydrogens is 355 g/mol. The second kappa shape index (κ2) is 8.70. The first kappa shape index (κ1) is 18.2. The van der Waals surface area contributed by atoms with Crippen LogP contribution in [0, 0.1) is 5.92 Å². The highest BCUT2D eigenvalue weighted by Gasteiger charge is 2.25. The SMILES string of the molecule is O=C(NCc1ccccc1)C1CCN(Cc2ccc(Cl)cc2Cl)CC1. The van der Waals surface area contributed by atoms with Crippen molar-refractivity contribution in [1.82, 2.24) is 10.2 Å². The molecule has 1 fully saturated rings. The largest absolute Gasteiger partial charge is 0.352 e. The number of rotatable bonds is 5. The summed E-state index contributed by atoms with van der Waals surface area (Å²) < 4.78 is 0. The van der Waals surface area contributed by atoms with E-state index in [-0.39, 0.29) is 11.8 Å². The highest BCUT2D eigenvalue weighted by atomic mass is 35.5. The number of halogens is 2. The molecule has 0 bridgehead atoms. The van der Waals surface area contributed by atoms with Gasteiger partial charge in [-0.15, -0.1) is 0 Å². The van der Waals surface area contributed by atoms with Crippen molar-refractivity contribution >= 4 is 29.1 Å². The summed E-state index contributed by atoms with van der Waals surface area (Å²) in [5.74, 6) is 0.258. The zero-order valence-corrected chi connectivity index (χ0v) is 15.6. The molecule has 132 valence electrons. The molecule has 0 saturated carbocycles. The van der Waals surface area contributed by atoms with Crippen molar-refractivity contribution in [1.29, 1.82) is 0 Å². The quantitative estimate of drug-likeness (QED) is 0.831. The van der Waals surface area contributed by atoms with Gasteiger partial charge in [0.15, 0.2) is 0 Å². The van der Waals surface area contributed by atoms with Crippen LogP contribution in [0.2, 0.25) is 10.0 Å². The van der Waals surface area contributed by atoms with Crippen LogP contribution >= 0.6 is 23.2 Å². The smallest absolute Gasteiger partial charge is 0.223 e. The molecule has 1 N–H and O–H groups in total. The van der Waals surface area contributed by atoms with Crippen LogP contribution in [0.15, 0.2) is 48.5 Å². The van der Waals surface area contributed by atoms with E-state index in [1.807, 2.05) is 42.5 Å². The normalized spacial score (nSPS) is 15.9. The van der Waals surface area contributed by atoms with E-state index in [0.717, 1.165) is 43.6 Å². The third kappa shape index (κ3) is 5.21. The van der Waals surface area contributed by atoms with Crippen LogP contribution in [0.1, 0.15) is 24.0 Å². The number of hydrogen-bond donors (Lipinski definition) is 1. The first-order chi connectivity index (χ1) is 12.1. The Morgan fingerprint density at radius 3 is 2.48 bits per heavy atom. The maximum Gasteiger partial charge on any atom is 0.223 e. The highest BCUT2D eigenvalue weighted by Crippen LogP contribution is 2.25. The molecule has 1 saturated heterocycles. The van der Waals surface area contributed by atoms with Gasteiger partial charge in [0.05, 0.1) is 0 Å². The third-order valence-electron chi connectivity index (χ3n) is 4.68. The van der Waals surface area contributed by atoms with Crippen LogP contribution < -0.4 is 5.32 Å². The Morgan fingerprint density at radius 1 is 1.08 bits per heavy atom. The lowest BCUT2D eigenvalue weighted by Crippen LogP contribution is -2.40. The van der Waals surface area contributed by atoms with Crippen molar-refractivity contribution in [2.75, 3.05) is 13.1 Å². The summed E-state index contributed by atoms with van der Waals surface area (Å²) in [5, 5.41) is 4.41. The molecule has 1 aliphatic heterocycles. The van der Waals surface area contributed by atoms with E-state index in [1.165, 1.54) is 0 Å². The van der Waals surface area contributed by atoms with Crippen molar-refractivity contribution in [2.24, 2.45) is 5.92 Å². The molecule has 0 atom stereocenters. The number of carbonyl (C=O) groups is 1. The van der Waals surface area contributed by atoms with Crippen LogP contribution in [0.3, 0.4) is 0 Å². The molecule has 0 aromatic heterocycles. The molecule has 0 aliphatic carbocycles. The zero-order chi connectivity index (χ0) is 17.6. The van der Waals surface area contributed by atoms with E-state index in [9.17, 15) is 4.79 Å². The van der Waals surface area contributed by atoms with Crippen LogP contribution in [-0.4, -0.2) is 23.9 Å². The highest BCUT2D eigenvalue weighted by molar-refractivity contribution is 6.35. The maximum atomic E-state index is 12.4. The third-order valence-corrected chi connectivity index (χ3v) is 5.26. The fraction of sp³-hybridized carbons (Fsp3) is 0.350. The number of likely N-dealkylation sites (tertiary alicyclic amines) is 1. The number of piperidine rings is 1. The molecule has 1 amide bonds. The van der Waals surface area contributed by atoms with E-state index in [0.29, 0.717) is 16.6 Å². The molecule has 0 unspecified atom stereocenters. The van der Waals surface area contributed by atoms with E-state index in [1.54, 1.807) is 6.07 Å². The molecule has 2 aromatic rings. The average molecular weight is 377 g/mol. The van der Waals surface area contributed by atoms with Crippen LogP contribution in [0.5, 0.6) is 0 Å². The van der Waals surface area contributed by atoms with Crippen molar-refractivity contribution in [3.05, 3.63) is 69.7 Å². The summed E-state index contributed by atoms with van der Waals surface area (Å²) in [7, 11) is 0. The Bertz CT molecular complexity index is 713. The monoisotopic (exact) mass is 376 g/mol. The van der Waals surface area contributed by atoms with Crippen molar-refractivity contribution in [2.45, 2.75) is 25.9 Å². The standard InChI is InChI=1S/C20H22Cl2N2O/c21-18-7-6-17(19(22)12-18)14-24-10-8-16(9-11-24)20(25)23-13-15-4-2-1-3-5-15/h1-7,12,16H,8-11,13-14H2,(H,23,25). The molecule has 25 heavy (non-hydrogen) atoms. The molecule has 3 rings (SSSR count). The maximum absolute atomic E-state index is 12.4. The van der Waals surface area contributed by atoms with Crippen LogP contribution in [0.4, 0.5) is 0 Å². The lowest BCUT2D eigenvalue weighted by atomic mass is 9.95. The predicted octanol–water partition coefficient (Wildman–Crippen LogP) is 4.52. The number of nitrogens with zero attached hydrogens (tertiary/aromatic N) is 1. The van der Waals surface area contributed by atoms with E-state index >= 15 is 0 Å². The zero-order valence-electron chi connectivity index (χ0n) is 14.1. The molecule has 3 nitrogen and oxygen atoms in total. The minimum atomic E-state index is 0.0978. The summed E-state index contributed by atoms with van der Waals surface area (Å²) in [6, 6.07) is 15.6. The van der Waals surface area contributed by atoms with E-state index in [2.05, 4.69) is 10.2 Å². The lowest BCUT2D eigenvalue weighted by Gasteiger charge is -2.31. The molecule has 2 aromatic carbocycles. The topological polar surface area (TPSA) is 32.3 Å². The number of nitrogens with one attached hydrogen (secondary N) is 1. The average Bonchev–Trinajstić information content (AvgIpc) is 2.63. The molecule has 5 heteroatoms. The Morgan fingerprint density at radius 2 is 1.80 bits per heavy atom. The van der Waals surface area contributed by atoms with Gasteiger partial charge >= 0.3 is 0 Å². The fourth-order valence-corrected chi connectivity index (χ4v) is 3.64. The molecule has 0 spiro atoms. The van der Waals surface area contributed by atoms with Gasteiger partial charge in [0.1, 0.15) is 0 Å². The van der Waals surface area contributed by atoms with Gasteiger partial charge in [-0.3, -0.25) is 9.69 Å². The Hall–Kier alpha value is -1.55. The van der Waals surface area contributed by atoms with Gasteiger partial charge in [-0.25, -0.2) is 0 Å². The number of amides is 1. The van der Waals surface area contributed by atoms with E-state index in [4.69, 9.17) is 23.2 Å². The summed E-state index contributed by atoms with van der Waals surface area (Å²) in [6.45, 7) is 3.21. The number of carbonyl (C=O) groups excluding carboxylic acids is 1. The van der Waals surface area contributed by atoms with Crippen molar-refractivity contribution in [3.63, 3.8) is 0 Å². The summed E-state index contributed by atoms with van der Waals surface area (Å²) in [6.07, 6.45) is 1.76. The van der Waals surface area contributed by atoms with Gasteiger partial charge in [-0.1, -0.05) is 59.6 Å². The Kier molecular flexibility index (Phi) is 6.35. The van der Waals surface area contributed by atoms with Gasteiger partial charge in [0.2, 0.25) is 5.91 Å². The van der Waals surface area contributed by atoms with Crippen LogP contribution in [-0.2, 0) is 17.9 Å². The van der Waals surface area contributed by atoms with E-state index < -0.39 is 0 Å². The lowest BCUT2D eigenvalue weighted by molar-refractivity contribution is -0.126. The van der Waals surface area contributed by atoms with Crippen molar-refractivity contribution < 1.29 is 4.79 Å². The van der Waals surface area contributed by atoms with Crippen molar-refractivity contribution in [3.8, 4) is 0 Å². The predicted molar refractivity (Wildman–Crippen MR) is 103 cm³/mol. The second-order valence-corrected chi connectivity index (χ2v) is 7.33. The fourth-order valence-electron chi connectivity index (χ4n) is 3.17. The molecule has 1 heterocycles. The molecule has 0 radical (unpaired) electrons. The summed E-state index contributed by atoms with van der Waals surface area (Å²) in [5.41, 5.74) is 2.21. The number of benzene rings is 2. The number of hydrogen-bond acceptors (Lipinski definition) is 2. The second-order valence-electron chi connectivity index (χ2n) is 6.49. The summed E-state index contributed by atoms with van der Waals surface area (Å²) in [4.78, 5) is 14.7. The minimum absolute atomic E-state index is 0.0978.